The number of thiophene rings is 1. The molecule has 0 saturated carbocycles. The van der Waals surface area contributed by atoms with Gasteiger partial charge in [0, 0.05) is 11.1 Å². The standard InChI is InChI=1S/C13H14BrNO2S2/c1-8-11(7-12(14)18-8)13(15)9-4-3-5-10(6-9)19(2,16)17/h3-7,13H,15H2,1-2H3. The zero-order valence-electron chi connectivity index (χ0n) is 10.6. The molecular formula is C13H14BrNO2S2. The van der Waals surface area contributed by atoms with Gasteiger partial charge in [0.25, 0.3) is 0 Å². The molecular weight excluding hydrogens is 346 g/mol. The van der Waals surface area contributed by atoms with Crippen molar-refractivity contribution in [2.24, 2.45) is 5.73 Å². The topological polar surface area (TPSA) is 60.2 Å². The van der Waals surface area contributed by atoms with Gasteiger partial charge in [-0.15, -0.1) is 11.3 Å². The van der Waals surface area contributed by atoms with Gasteiger partial charge < -0.3 is 5.73 Å². The van der Waals surface area contributed by atoms with Gasteiger partial charge in [0.15, 0.2) is 9.84 Å². The van der Waals surface area contributed by atoms with E-state index in [-0.39, 0.29) is 6.04 Å². The third-order valence-electron chi connectivity index (χ3n) is 2.91. The fourth-order valence-electron chi connectivity index (χ4n) is 1.89. The van der Waals surface area contributed by atoms with E-state index in [2.05, 4.69) is 15.9 Å². The normalized spacial score (nSPS) is 13.5. The van der Waals surface area contributed by atoms with E-state index in [4.69, 9.17) is 5.73 Å². The summed E-state index contributed by atoms with van der Waals surface area (Å²) in [5.74, 6) is 0. The van der Waals surface area contributed by atoms with E-state index >= 15 is 0 Å². The molecule has 0 amide bonds. The summed E-state index contributed by atoms with van der Waals surface area (Å²) in [4.78, 5) is 1.43. The van der Waals surface area contributed by atoms with E-state index in [1.807, 2.05) is 19.1 Å². The van der Waals surface area contributed by atoms with Crippen LogP contribution in [0.4, 0.5) is 0 Å². The van der Waals surface area contributed by atoms with Gasteiger partial charge in [0.2, 0.25) is 0 Å². The van der Waals surface area contributed by atoms with E-state index in [0.717, 1.165) is 19.8 Å². The highest BCUT2D eigenvalue weighted by Gasteiger charge is 2.16. The molecule has 0 fully saturated rings. The molecule has 2 N–H and O–H groups in total. The minimum atomic E-state index is -3.21. The average Bonchev–Trinajstić information content (AvgIpc) is 2.66. The summed E-state index contributed by atoms with van der Waals surface area (Å²) in [7, 11) is -3.21. The number of rotatable bonds is 3. The summed E-state index contributed by atoms with van der Waals surface area (Å²) in [5, 5.41) is 0. The first-order valence-corrected chi connectivity index (χ1v) is 9.10. The van der Waals surface area contributed by atoms with Gasteiger partial charge in [-0.2, -0.15) is 0 Å². The van der Waals surface area contributed by atoms with Crippen LogP contribution in [0, 0.1) is 6.92 Å². The molecule has 0 aliphatic rings. The van der Waals surface area contributed by atoms with E-state index in [9.17, 15) is 8.42 Å². The first-order chi connectivity index (χ1) is 8.79. The van der Waals surface area contributed by atoms with Gasteiger partial charge in [-0.05, 0) is 52.2 Å². The summed E-state index contributed by atoms with van der Waals surface area (Å²) in [6.07, 6.45) is 1.20. The van der Waals surface area contributed by atoms with Gasteiger partial charge in [-0.3, -0.25) is 0 Å². The molecule has 1 heterocycles. The van der Waals surface area contributed by atoms with Crippen LogP contribution < -0.4 is 5.73 Å². The average molecular weight is 360 g/mol. The van der Waals surface area contributed by atoms with Crippen LogP contribution in [-0.2, 0) is 9.84 Å². The second-order valence-corrected chi connectivity index (χ2v) is 9.04. The quantitative estimate of drug-likeness (QED) is 0.914. The summed E-state index contributed by atoms with van der Waals surface area (Å²) in [5.41, 5.74) is 8.05. The minimum Gasteiger partial charge on any atom is -0.320 e. The van der Waals surface area contributed by atoms with Crippen LogP contribution in [0.3, 0.4) is 0 Å². The van der Waals surface area contributed by atoms with Crippen molar-refractivity contribution in [2.75, 3.05) is 6.26 Å². The Bertz CT molecular complexity index is 707. The zero-order valence-corrected chi connectivity index (χ0v) is 13.8. The van der Waals surface area contributed by atoms with Gasteiger partial charge in [0.1, 0.15) is 0 Å². The Kier molecular flexibility index (Phi) is 4.15. The molecule has 19 heavy (non-hydrogen) atoms. The molecule has 0 radical (unpaired) electrons. The smallest absolute Gasteiger partial charge is 0.175 e. The Balaban J connectivity index is 2.45. The SMILES string of the molecule is Cc1sc(Br)cc1C(N)c1cccc(S(C)(=O)=O)c1. The molecule has 0 aliphatic carbocycles. The van der Waals surface area contributed by atoms with Crippen molar-refractivity contribution in [3.05, 3.63) is 50.1 Å². The number of hydrogen-bond donors (Lipinski definition) is 1. The third-order valence-corrected chi connectivity index (χ3v) is 5.59. The Morgan fingerprint density at radius 2 is 2.00 bits per heavy atom. The maximum Gasteiger partial charge on any atom is 0.175 e. The molecule has 1 aromatic carbocycles. The monoisotopic (exact) mass is 359 g/mol. The van der Waals surface area contributed by atoms with Gasteiger partial charge >= 0.3 is 0 Å². The van der Waals surface area contributed by atoms with E-state index in [1.54, 1.807) is 29.5 Å². The highest BCUT2D eigenvalue weighted by atomic mass is 79.9. The zero-order chi connectivity index (χ0) is 14.2. The third kappa shape index (κ3) is 3.25. The first kappa shape index (κ1) is 14.7. The highest BCUT2D eigenvalue weighted by Crippen LogP contribution is 2.32. The second-order valence-electron chi connectivity index (χ2n) is 4.38. The van der Waals surface area contributed by atoms with Crippen LogP contribution in [-0.4, -0.2) is 14.7 Å². The number of sulfone groups is 1. The van der Waals surface area contributed by atoms with E-state index in [1.165, 1.54) is 6.26 Å². The summed E-state index contributed by atoms with van der Waals surface area (Å²) >= 11 is 5.06. The number of halogens is 1. The van der Waals surface area contributed by atoms with Gasteiger partial charge in [0.05, 0.1) is 14.7 Å². The van der Waals surface area contributed by atoms with Crippen molar-refractivity contribution in [2.45, 2.75) is 17.9 Å². The number of hydrogen-bond acceptors (Lipinski definition) is 4. The number of aryl methyl sites for hydroxylation is 1. The lowest BCUT2D eigenvalue weighted by molar-refractivity contribution is 0.601. The van der Waals surface area contributed by atoms with Crippen LogP contribution in [0.25, 0.3) is 0 Å². The Morgan fingerprint density at radius 1 is 1.32 bits per heavy atom. The minimum absolute atomic E-state index is 0.299. The lowest BCUT2D eigenvalue weighted by atomic mass is 10.0. The number of benzene rings is 1. The lowest BCUT2D eigenvalue weighted by Crippen LogP contribution is -2.12. The fourth-order valence-corrected chi connectivity index (χ4v) is 4.32. The molecule has 2 aromatic rings. The predicted molar refractivity (Wildman–Crippen MR) is 82.3 cm³/mol. The molecule has 0 spiro atoms. The largest absolute Gasteiger partial charge is 0.320 e. The van der Waals surface area contributed by atoms with Crippen LogP contribution in [0.5, 0.6) is 0 Å². The van der Waals surface area contributed by atoms with E-state index in [0.29, 0.717) is 4.90 Å². The highest BCUT2D eigenvalue weighted by molar-refractivity contribution is 9.11. The van der Waals surface area contributed by atoms with Gasteiger partial charge in [-0.25, -0.2) is 8.42 Å². The van der Waals surface area contributed by atoms with Crippen LogP contribution in [0.1, 0.15) is 22.0 Å². The van der Waals surface area contributed by atoms with Crippen molar-refractivity contribution < 1.29 is 8.42 Å². The molecule has 6 heteroatoms. The summed E-state index contributed by atoms with van der Waals surface area (Å²) in [6, 6.07) is 8.47. The van der Waals surface area contributed by atoms with Crippen LogP contribution in [0.2, 0.25) is 0 Å². The Hall–Kier alpha value is -0.690. The first-order valence-electron chi connectivity index (χ1n) is 5.60. The molecule has 1 unspecified atom stereocenters. The molecule has 0 bridgehead atoms. The second kappa shape index (κ2) is 5.36. The maximum absolute atomic E-state index is 11.6. The van der Waals surface area contributed by atoms with Crippen molar-refractivity contribution in [1.82, 2.24) is 0 Å². The fraction of sp³-hybridized carbons (Fsp3) is 0.231. The Labute approximate surface area is 125 Å². The Morgan fingerprint density at radius 3 is 2.53 bits per heavy atom. The lowest BCUT2D eigenvalue weighted by Gasteiger charge is -2.13. The molecule has 1 aromatic heterocycles. The number of nitrogens with two attached hydrogens (primary N) is 1. The molecule has 3 nitrogen and oxygen atoms in total. The summed E-state index contributed by atoms with van der Waals surface area (Å²) < 4.78 is 24.2. The van der Waals surface area contributed by atoms with Crippen LogP contribution in [0.15, 0.2) is 39.0 Å². The maximum atomic E-state index is 11.6. The van der Waals surface area contributed by atoms with Gasteiger partial charge in [-0.1, -0.05) is 12.1 Å². The summed E-state index contributed by atoms with van der Waals surface area (Å²) in [6.45, 7) is 2.00. The van der Waals surface area contributed by atoms with Crippen molar-refractivity contribution >= 4 is 37.1 Å². The molecule has 2 rings (SSSR count). The molecule has 0 aliphatic heterocycles. The molecule has 1 atom stereocenters. The van der Waals surface area contributed by atoms with Crippen molar-refractivity contribution in [3.63, 3.8) is 0 Å². The molecule has 0 saturated heterocycles. The van der Waals surface area contributed by atoms with Crippen molar-refractivity contribution in [1.29, 1.82) is 0 Å². The van der Waals surface area contributed by atoms with E-state index < -0.39 is 9.84 Å². The van der Waals surface area contributed by atoms with Crippen molar-refractivity contribution in [3.8, 4) is 0 Å². The predicted octanol–water partition coefficient (Wildman–Crippen LogP) is 3.27. The molecule has 102 valence electrons. The van der Waals surface area contributed by atoms with Crippen LogP contribution >= 0.6 is 27.3 Å².